The molecule has 2 N–H and O–H groups in total. The Balaban J connectivity index is 2.06. The van der Waals surface area contributed by atoms with E-state index in [0.29, 0.717) is 12.3 Å². The van der Waals surface area contributed by atoms with E-state index in [4.69, 9.17) is 4.74 Å². The van der Waals surface area contributed by atoms with Gasteiger partial charge < -0.3 is 15.4 Å². The van der Waals surface area contributed by atoms with Crippen molar-refractivity contribution in [3.8, 4) is 5.75 Å². The van der Waals surface area contributed by atoms with Crippen molar-refractivity contribution in [2.24, 2.45) is 5.92 Å². The molecule has 0 bridgehead atoms. The van der Waals surface area contributed by atoms with Gasteiger partial charge >= 0.3 is 0 Å². The van der Waals surface area contributed by atoms with E-state index in [9.17, 15) is 4.79 Å². The summed E-state index contributed by atoms with van der Waals surface area (Å²) in [6.45, 7) is 6.10. The number of hydrogen-bond acceptors (Lipinski definition) is 3. The molecular weight excluding hydrogens is 288 g/mol. The van der Waals surface area contributed by atoms with Crippen LogP contribution >= 0.6 is 0 Å². The van der Waals surface area contributed by atoms with Gasteiger partial charge in [-0.15, -0.1) is 0 Å². The molecule has 0 heterocycles. The van der Waals surface area contributed by atoms with Gasteiger partial charge in [-0.1, -0.05) is 19.9 Å². The quantitative estimate of drug-likeness (QED) is 0.810. The van der Waals surface area contributed by atoms with Gasteiger partial charge in [0.25, 0.3) is 0 Å². The number of nitrogens with one attached hydrogen (secondary N) is 2. The summed E-state index contributed by atoms with van der Waals surface area (Å²) in [5.74, 6) is 1.19. The van der Waals surface area contributed by atoms with Crippen LogP contribution < -0.4 is 15.4 Å². The first kappa shape index (κ1) is 16.9. The second-order valence-corrected chi connectivity index (χ2v) is 6.05. The van der Waals surface area contributed by atoms with Gasteiger partial charge in [-0.3, -0.25) is 4.79 Å². The van der Waals surface area contributed by atoms with Crippen molar-refractivity contribution in [1.82, 2.24) is 0 Å². The number of carbonyl (C=O) groups excluding carboxylic acids is 1. The largest absolute Gasteiger partial charge is 0.495 e. The second kappa shape index (κ2) is 7.68. The molecule has 0 aromatic heterocycles. The van der Waals surface area contributed by atoms with Crippen LogP contribution in [0.1, 0.15) is 25.8 Å². The van der Waals surface area contributed by atoms with Crippen LogP contribution in [0.3, 0.4) is 0 Å². The third-order valence-corrected chi connectivity index (χ3v) is 3.40. The fraction of sp³-hybridized carbons (Fsp3) is 0.316. The lowest BCUT2D eigenvalue weighted by Gasteiger charge is -2.13. The normalized spacial score (nSPS) is 10.5. The smallest absolute Gasteiger partial charge is 0.224 e. The summed E-state index contributed by atoms with van der Waals surface area (Å²) in [5.41, 5.74) is 3.82. The standard InChI is InChI=1S/C19H24N2O2/c1-13(2)11-19(22)21-16-8-6-15(7-9-16)20-17-12-14(3)5-10-18(17)23-4/h5-10,12-13,20H,11H2,1-4H3,(H,21,22). The lowest BCUT2D eigenvalue weighted by atomic mass is 10.1. The first-order valence-electron chi connectivity index (χ1n) is 7.79. The van der Waals surface area contributed by atoms with Gasteiger partial charge in [-0.05, 0) is 54.8 Å². The summed E-state index contributed by atoms with van der Waals surface area (Å²) < 4.78 is 5.37. The third-order valence-electron chi connectivity index (χ3n) is 3.40. The molecule has 2 aromatic rings. The molecule has 1 amide bonds. The number of methoxy groups -OCH3 is 1. The Labute approximate surface area is 137 Å². The molecule has 0 atom stereocenters. The zero-order chi connectivity index (χ0) is 16.8. The Morgan fingerprint density at radius 2 is 1.74 bits per heavy atom. The van der Waals surface area contributed by atoms with Gasteiger partial charge in [0.1, 0.15) is 5.75 Å². The molecule has 0 saturated heterocycles. The second-order valence-electron chi connectivity index (χ2n) is 6.05. The maximum atomic E-state index is 11.8. The molecule has 2 rings (SSSR count). The minimum atomic E-state index is 0.0427. The molecule has 4 nitrogen and oxygen atoms in total. The number of carbonyl (C=O) groups is 1. The highest BCUT2D eigenvalue weighted by Gasteiger charge is 2.06. The van der Waals surface area contributed by atoms with E-state index in [2.05, 4.69) is 10.6 Å². The number of rotatable bonds is 6. The summed E-state index contributed by atoms with van der Waals surface area (Å²) >= 11 is 0. The molecular formula is C19H24N2O2. The van der Waals surface area contributed by atoms with Gasteiger partial charge in [0, 0.05) is 17.8 Å². The molecule has 0 fully saturated rings. The van der Waals surface area contributed by atoms with E-state index in [-0.39, 0.29) is 5.91 Å². The predicted octanol–water partition coefficient (Wildman–Crippen LogP) is 4.73. The summed E-state index contributed by atoms with van der Waals surface area (Å²) in [4.78, 5) is 11.8. The molecule has 0 aliphatic rings. The molecule has 2 aromatic carbocycles. The lowest BCUT2D eigenvalue weighted by Crippen LogP contribution is -2.13. The number of amides is 1. The molecule has 23 heavy (non-hydrogen) atoms. The Morgan fingerprint density at radius 1 is 1.09 bits per heavy atom. The van der Waals surface area contributed by atoms with E-state index in [0.717, 1.165) is 28.4 Å². The number of hydrogen-bond donors (Lipinski definition) is 2. The monoisotopic (exact) mass is 312 g/mol. The maximum absolute atomic E-state index is 11.8. The van der Waals surface area contributed by atoms with Crippen LogP contribution in [0.25, 0.3) is 0 Å². The SMILES string of the molecule is COc1ccc(C)cc1Nc1ccc(NC(=O)CC(C)C)cc1. The predicted molar refractivity (Wildman–Crippen MR) is 95.5 cm³/mol. The van der Waals surface area contributed by atoms with Crippen molar-refractivity contribution < 1.29 is 9.53 Å². The summed E-state index contributed by atoms with van der Waals surface area (Å²) in [7, 11) is 1.66. The molecule has 0 aliphatic carbocycles. The molecule has 4 heteroatoms. The van der Waals surface area contributed by atoms with Crippen LogP contribution in [0.15, 0.2) is 42.5 Å². The van der Waals surface area contributed by atoms with Gasteiger partial charge in [-0.2, -0.15) is 0 Å². The summed E-state index contributed by atoms with van der Waals surface area (Å²) in [6.07, 6.45) is 0.528. The topological polar surface area (TPSA) is 50.4 Å². The minimum absolute atomic E-state index is 0.0427. The van der Waals surface area contributed by atoms with Crippen molar-refractivity contribution in [3.63, 3.8) is 0 Å². The molecule has 0 spiro atoms. The average Bonchev–Trinajstić information content (AvgIpc) is 2.48. The van der Waals surface area contributed by atoms with Gasteiger partial charge in [-0.25, -0.2) is 0 Å². The zero-order valence-corrected chi connectivity index (χ0v) is 14.1. The lowest BCUT2D eigenvalue weighted by molar-refractivity contribution is -0.116. The van der Waals surface area contributed by atoms with Crippen LogP contribution in [0.4, 0.5) is 17.1 Å². The Bertz CT molecular complexity index is 664. The minimum Gasteiger partial charge on any atom is -0.495 e. The van der Waals surface area contributed by atoms with Crippen molar-refractivity contribution >= 4 is 23.0 Å². The number of benzene rings is 2. The Kier molecular flexibility index (Phi) is 5.63. The fourth-order valence-electron chi connectivity index (χ4n) is 2.29. The van der Waals surface area contributed by atoms with Crippen molar-refractivity contribution in [1.29, 1.82) is 0 Å². The van der Waals surface area contributed by atoms with Crippen LogP contribution in [-0.2, 0) is 4.79 Å². The summed E-state index contributed by atoms with van der Waals surface area (Å²) in [5, 5.41) is 6.24. The fourth-order valence-corrected chi connectivity index (χ4v) is 2.29. The molecule has 0 saturated carbocycles. The maximum Gasteiger partial charge on any atom is 0.224 e. The highest BCUT2D eigenvalue weighted by molar-refractivity contribution is 5.91. The number of ether oxygens (including phenoxy) is 1. The first-order valence-corrected chi connectivity index (χ1v) is 7.79. The van der Waals surface area contributed by atoms with Gasteiger partial charge in [0.15, 0.2) is 0 Å². The molecule has 0 aliphatic heterocycles. The van der Waals surface area contributed by atoms with Crippen molar-refractivity contribution in [3.05, 3.63) is 48.0 Å². The molecule has 122 valence electrons. The van der Waals surface area contributed by atoms with Gasteiger partial charge in [0.2, 0.25) is 5.91 Å². The third kappa shape index (κ3) is 5.02. The summed E-state index contributed by atoms with van der Waals surface area (Å²) in [6, 6.07) is 13.7. The van der Waals surface area contributed by atoms with E-state index >= 15 is 0 Å². The van der Waals surface area contributed by atoms with Crippen LogP contribution in [0.2, 0.25) is 0 Å². The zero-order valence-electron chi connectivity index (χ0n) is 14.1. The van der Waals surface area contributed by atoms with Crippen LogP contribution in [0.5, 0.6) is 5.75 Å². The van der Waals surface area contributed by atoms with E-state index in [1.807, 2.05) is 63.2 Å². The van der Waals surface area contributed by atoms with E-state index < -0.39 is 0 Å². The first-order chi connectivity index (χ1) is 11.0. The number of anilines is 3. The van der Waals surface area contributed by atoms with Crippen LogP contribution in [-0.4, -0.2) is 13.0 Å². The molecule has 0 unspecified atom stereocenters. The highest BCUT2D eigenvalue weighted by atomic mass is 16.5. The van der Waals surface area contributed by atoms with E-state index in [1.165, 1.54) is 0 Å². The molecule has 0 radical (unpaired) electrons. The van der Waals surface area contributed by atoms with Gasteiger partial charge in [0.05, 0.1) is 12.8 Å². The average molecular weight is 312 g/mol. The van der Waals surface area contributed by atoms with E-state index in [1.54, 1.807) is 7.11 Å². The van der Waals surface area contributed by atoms with Crippen LogP contribution in [0, 0.1) is 12.8 Å². The van der Waals surface area contributed by atoms with Crippen molar-refractivity contribution in [2.45, 2.75) is 27.2 Å². The Morgan fingerprint density at radius 3 is 2.35 bits per heavy atom. The highest BCUT2D eigenvalue weighted by Crippen LogP contribution is 2.29. The van der Waals surface area contributed by atoms with Crippen molar-refractivity contribution in [2.75, 3.05) is 17.7 Å². The Hall–Kier alpha value is -2.49. The number of aryl methyl sites for hydroxylation is 1.